The summed E-state index contributed by atoms with van der Waals surface area (Å²) in [5.41, 5.74) is 8.00. The van der Waals surface area contributed by atoms with Crippen molar-refractivity contribution in [2.45, 2.75) is 13.1 Å². The van der Waals surface area contributed by atoms with Crippen molar-refractivity contribution in [3.8, 4) is 0 Å². The molecule has 5 heteroatoms. The molecule has 0 amide bonds. The molecular formula is C13H13BrClN3. The van der Waals surface area contributed by atoms with E-state index in [1.807, 2.05) is 24.3 Å². The lowest BCUT2D eigenvalue weighted by molar-refractivity contribution is 1.00. The first kappa shape index (κ1) is 13.3. The van der Waals surface area contributed by atoms with E-state index in [2.05, 4.69) is 32.3 Å². The average Bonchev–Trinajstić information content (AvgIpc) is 2.38. The number of nitrogens with one attached hydrogen (secondary N) is 1. The predicted molar refractivity (Wildman–Crippen MR) is 78.6 cm³/mol. The normalized spacial score (nSPS) is 10.4. The number of rotatable bonds is 4. The smallest absolute Gasteiger partial charge is 0.140 e. The first-order valence-electron chi connectivity index (χ1n) is 5.52. The van der Waals surface area contributed by atoms with Crippen LogP contribution in [-0.4, -0.2) is 4.98 Å². The van der Waals surface area contributed by atoms with E-state index in [0.29, 0.717) is 18.1 Å². The van der Waals surface area contributed by atoms with Gasteiger partial charge in [0.1, 0.15) is 5.82 Å². The Morgan fingerprint density at radius 1 is 1.28 bits per heavy atom. The zero-order chi connectivity index (χ0) is 13.0. The second-order valence-corrected chi connectivity index (χ2v) is 5.10. The molecule has 0 fully saturated rings. The fourth-order valence-electron chi connectivity index (χ4n) is 1.65. The number of benzene rings is 1. The first-order chi connectivity index (χ1) is 8.70. The molecule has 0 spiro atoms. The molecule has 0 aliphatic heterocycles. The molecule has 18 heavy (non-hydrogen) atoms. The highest BCUT2D eigenvalue weighted by Gasteiger charge is 2.04. The summed E-state index contributed by atoms with van der Waals surface area (Å²) >= 11 is 9.27. The lowest BCUT2D eigenvalue weighted by Crippen LogP contribution is -2.07. The molecule has 94 valence electrons. The number of pyridine rings is 1. The molecule has 2 aromatic rings. The Balaban J connectivity index is 2.11. The number of nitrogens with two attached hydrogens (primary N) is 1. The van der Waals surface area contributed by atoms with Crippen LogP contribution in [0, 0.1) is 0 Å². The van der Waals surface area contributed by atoms with Crippen LogP contribution < -0.4 is 11.1 Å². The first-order valence-corrected chi connectivity index (χ1v) is 6.69. The third-order valence-corrected chi connectivity index (χ3v) is 3.40. The number of halogens is 2. The zero-order valence-corrected chi connectivity index (χ0v) is 12.0. The van der Waals surface area contributed by atoms with Gasteiger partial charge in [0.2, 0.25) is 0 Å². The number of hydrogen-bond acceptors (Lipinski definition) is 3. The summed E-state index contributed by atoms with van der Waals surface area (Å²) in [6.45, 7) is 1.22. The number of anilines is 1. The molecule has 0 saturated carbocycles. The van der Waals surface area contributed by atoms with Gasteiger partial charge in [-0.2, -0.15) is 0 Å². The number of nitrogens with zero attached hydrogens (tertiary/aromatic N) is 1. The minimum atomic E-state index is 0.535. The molecule has 3 N–H and O–H groups in total. The summed E-state index contributed by atoms with van der Waals surface area (Å²) in [5.74, 6) is 0.770. The van der Waals surface area contributed by atoms with Crippen molar-refractivity contribution in [1.29, 1.82) is 0 Å². The molecule has 0 unspecified atom stereocenters. The molecule has 1 aromatic heterocycles. The summed E-state index contributed by atoms with van der Waals surface area (Å²) < 4.78 is 0.847. The van der Waals surface area contributed by atoms with E-state index in [4.69, 9.17) is 17.3 Å². The minimum absolute atomic E-state index is 0.535. The fourth-order valence-corrected chi connectivity index (χ4v) is 2.43. The molecule has 1 aromatic carbocycles. The maximum absolute atomic E-state index is 5.84. The molecule has 0 atom stereocenters. The van der Waals surface area contributed by atoms with E-state index in [0.717, 1.165) is 15.9 Å². The van der Waals surface area contributed by atoms with E-state index in [1.165, 1.54) is 5.56 Å². The average molecular weight is 327 g/mol. The maximum atomic E-state index is 5.84. The van der Waals surface area contributed by atoms with Crippen LogP contribution in [0.1, 0.15) is 11.1 Å². The van der Waals surface area contributed by atoms with Crippen LogP contribution in [0.4, 0.5) is 5.82 Å². The standard InChI is InChI=1S/C13H13BrClN3/c14-12-5-11(15)8-18-13(12)17-7-10-4-2-1-3-9(10)6-16/h1-5,8H,6-7,16H2,(H,17,18). The van der Waals surface area contributed by atoms with Crippen molar-refractivity contribution in [3.63, 3.8) is 0 Å². The fraction of sp³-hybridized carbons (Fsp3) is 0.154. The largest absolute Gasteiger partial charge is 0.365 e. The molecule has 1 heterocycles. The molecule has 0 saturated heterocycles. The van der Waals surface area contributed by atoms with E-state index in [1.54, 1.807) is 6.20 Å². The summed E-state index contributed by atoms with van der Waals surface area (Å²) in [7, 11) is 0. The topological polar surface area (TPSA) is 50.9 Å². The van der Waals surface area contributed by atoms with E-state index < -0.39 is 0 Å². The Labute approximate surface area is 119 Å². The third kappa shape index (κ3) is 3.22. The van der Waals surface area contributed by atoms with E-state index in [9.17, 15) is 0 Å². The Kier molecular flexibility index (Phi) is 4.58. The van der Waals surface area contributed by atoms with Crippen LogP contribution in [0.2, 0.25) is 5.02 Å². The molecule has 0 aliphatic carbocycles. The van der Waals surface area contributed by atoms with Crippen molar-refractivity contribution in [1.82, 2.24) is 4.98 Å². The molecule has 0 bridgehead atoms. The molecule has 0 aliphatic rings. The highest BCUT2D eigenvalue weighted by atomic mass is 79.9. The van der Waals surface area contributed by atoms with Crippen LogP contribution in [0.3, 0.4) is 0 Å². The quantitative estimate of drug-likeness (QED) is 0.903. The van der Waals surface area contributed by atoms with Crippen LogP contribution in [0.25, 0.3) is 0 Å². The van der Waals surface area contributed by atoms with Gasteiger partial charge in [0.05, 0.1) is 9.50 Å². The highest BCUT2D eigenvalue weighted by molar-refractivity contribution is 9.10. The number of aromatic nitrogens is 1. The van der Waals surface area contributed by atoms with Gasteiger partial charge in [0.15, 0.2) is 0 Å². The van der Waals surface area contributed by atoms with Crippen LogP contribution in [-0.2, 0) is 13.1 Å². The monoisotopic (exact) mass is 325 g/mol. The van der Waals surface area contributed by atoms with Crippen molar-refractivity contribution in [2.75, 3.05) is 5.32 Å². The summed E-state index contributed by atoms with van der Waals surface area (Å²) in [5, 5.41) is 3.87. The van der Waals surface area contributed by atoms with Gasteiger partial charge in [0.25, 0.3) is 0 Å². The van der Waals surface area contributed by atoms with Crippen molar-refractivity contribution >= 4 is 33.3 Å². The molecule has 2 rings (SSSR count). The lowest BCUT2D eigenvalue weighted by atomic mass is 10.1. The Morgan fingerprint density at radius 2 is 2.00 bits per heavy atom. The van der Waals surface area contributed by atoms with Gasteiger partial charge in [-0.05, 0) is 33.1 Å². The SMILES string of the molecule is NCc1ccccc1CNc1ncc(Cl)cc1Br. The second kappa shape index (κ2) is 6.18. The van der Waals surface area contributed by atoms with Crippen molar-refractivity contribution in [2.24, 2.45) is 5.73 Å². The Morgan fingerprint density at radius 3 is 2.67 bits per heavy atom. The van der Waals surface area contributed by atoms with Gasteiger partial charge < -0.3 is 11.1 Å². The highest BCUT2D eigenvalue weighted by Crippen LogP contribution is 2.23. The van der Waals surface area contributed by atoms with E-state index in [-0.39, 0.29) is 0 Å². The molecular weight excluding hydrogens is 314 g/mol. The Bertz CT molecular complexity index is 546. The predicted octanol–water partition coefficient (Wildman–Crippen LogP) is 3.57. The molecule has 0 radical (unpaired) electrons. The van der Waals surface area contributed by atoms with Gasteiger partial charge >= 0.3 is 0 Å². The second-order valence-electron chi connectivity index (χ2n) is 3.81. The van der Waals surface area contributed by atoms with Crippen LogP contribution in [0.15, 0.2) is 41.0 Å². The maximum Gasteiger partial charge on any atom is 0.140 e. The lowest BCUT2D eigenvalue weighted by Gasteiger charge is -2.10. The molecule has 3 nitrogen and oxygen atoms in total. The number of hydrogen-bond donors (Lipinski definition) is 2. The Hall–Kier alpha value is -1.10. The van der Waals surface area contributed by atoms with Gasteiger partial charge in [-0.1, -0.05) is 35.9 Å². The van der Waals surface area contributed by atoms with Gasteiger partial charge in [-0.15, -0.1) is 0 Å². The van der Waals surface area contributed by atoms with Gasteiger partial charge in [0, 0.05) is 19.3 Å². The van der Waals surface area contributed by atoms with Crippen molar-refractivity contribution in [3.05, 3.63) is 57.2 Å². The summed E-state index contributed by atoms with van der Waals surface area (Å²) in [4.78, 5) is 4.23. The summed E-state index contributed by atoms with van der Waals surface area (Å²) in [6, 6.07) is 9.88. The van der Waals surface area contributed by atoms with E-state index >= 15 is 0 Å². The van der Waals surface area contributed by atoms with Gasteiger partial charge in [-0.3, -0.25) is 0 Å². The van der Waals surface area contributed by atoms with Crippen LogP contribution in [0.5, 0.6) is 0 Å². The summed E-state index contributed by atoms with van der Waals surface area (Å²) in [6.07, 6.45) is 1.61. The van der Waals surface area contributed by atoms with Gasteiger partial charge in [-0.25, -0.2) is 4.98 Å². The minimum Gasteiger partial charge on any atom is -0.365 e. The third-order valence-electron chi connectivity index (χ3n) is 2.59. The van der Waals surface area contributed by atoms with Crippen molar-refractivity contribution < 1.29 is 0 Å². The van der Waals surface area contributed by atoms with Crippen LogP contribution >= 0.6 is 27.5 Å². The zero-order valence-electron chi connectivity index (χ0n) is 9.66.